The molecule has 0 atom stereocenters. The fourth-order valence-electron chi connectivity index (χ4n) is 1.49. The lowest BCUT2D eigenvalue weighted by Crippen LogP contribution is -2.27. The van der Waals surface area contributed by atoms with E-state index < -0.39 is 0 Å². The van der Waals surface area contributed by atoms with Crippen molar-refractivity contribution in [1.82, 2.24) is 5.32 Å². The van der Waals surface area contributed by atoms with Crippen LogP contribution in [0.15, 0.2) is 41.1 Å². The molecule has 0 bridgehead atoms. The van der Waals surface area contributed by atoms with E-state index in [9.17, 15) is 4.79 Å². The minimum atomic E-state index is -0.0764. The van der Waals surface area contributed by atoms with E-state index in [0.29, 0.717) is 17.3 Å². The smallest absolute Gasteiger partial charge is 0.238 e. The summed E-state index contributed by atoms with van der Waals surface area (Å²) in [7, 11) is 0. The summed E-state index contributed by atoms with van der Waals surface area (Å²) in [6.45, 7) is 0.981. The first kappa shape index (κ1) is 13.1. The summed E-state index contributed by atoms with van der Waals surface area (Å²) in [5.74, 6) is -0.0764. The molecule has 0 unspecified atom stereocenters. The fraction of sp³-hybridized carbons (Fsp3) is 0.154. The highest BCUT2D eigenvalue weighted by molar-refractivity contribution is 7.07. The van der Waals surface area contributed by atoms with Crippen LogP contribution in [0.25, 0.3) is 0 Å². The Morgan fingerprint density at radius 2 is 2.22 bits per heavy atom. The Kier molecular flexibility index (Phi) is 4.75. The van der Waals surface area contributed by atoms with Gasteiger partial charge < -0.3 is 10.6 Å². The minimum Gasteiger partial charge on any atom is -0.325 e. The van der Waals surface area contributed by atoms with Crippen molar-refractivity contribution in [1.29, 1.82) is 0 Å². The van der Waals surface area contributed by atoms with Crippen LogP contribution in [-0.2, 0) is 11.3 Å². The second-order valence-electron chi connectivity index (χ2n) is 3.79. The third-order valence-corrected chi connectivity index (χ3v) is 3.27. The molecule has 2 rings (SSSR count). The largest absolute Gasteiger partial charge is 0.325 e. The van der Waals surface area contributed by atoms with Crippen LogP contribution in [0, 0.1) is 0 Å². The molecule has 5 heteroatoms. The van der Waals surface area contributed by atoms with Gasteiger partial charge in [-0.25, -0.2) is 0 Å². The molecule has 0 aliphatic carbocycles. The molecule has 2 N–H and O–H groups in total. The second-order valence-corrected chi connectivity index (χ2v) is 5.01. The fourth-order valence-corrected chi connectivity index (χ4v) is 2.34. The van der Waals surface area contributed by atoms with E-state index in [4.69, 9.17) is 11.6 Å². The van der Waals surface area contributed by atoms with Crippen molar-refractivity contribution in [3.8, 4) is 0 Å². The Balaban J connectivity index is 1.75. The van der Waals surface area contributed by atoms with Crippen LogP contribution in [0.2, 0.25) is 5.02 Å². The number of thiophene rings is 1. The quantitative estimate of drug-likeness (QED) is 0.883. The molecule has 3 nitrogen and oxygen atoms in total. The summed E-state index contributed by atoms with van der Waals surface area (Å²) in [4.78, 5) is 11.6. The highest BCUT2D eigenvalue weighted by Gasteiger charge is 2.02. The third-order valence-electron chi connectivity index (χ3n) is 2.30. The van der Waals surface area contributed by atoms with Crippen LogP contribution < -0.4 is 10.6 Å². The molecule has 2 aromatic rings. The molecule has 1 aromatic carbocycles. The van der Waals surface area contributed by atoms with Crippen molar-refractivity contribution in [2.24, 2.45) is 0 Å². The van der Waals surface area contributed by atoms with Crippen LogP contribution in [0.5, 0.6) is 0 Å². The number of amides is 1. The number of nitrogens with one attached hydrogen (secondary N) is 2. The number of anilines is 1. The van der Waals surface area contributed by atoms with Gasteiger partial charge in [-0.1, -0.05) is 17.7 Å². The molecule has 0 saturated carbocycles. The van der Waals surface area contributed by atoms with Crippen LogP contribution in [0.3, 0.4) is 0 Å². The predicted octanol–water partition coefficient (Wildman–Crippen LogP) is 3.13. The van der Waals surface area contributed by atoms with Gasteiger partial charge in [0.25, 0.3) is 0 Å². The molecule has 18 heavy (non-hydrogen) atoms. The number of carbonyl (C=O) groups is 1. The molecular weight excluding hydrogens is 268 g/mol. The van der Waals surface area contributed by atoms with Crippen molar-refractivity contribution in [2.75, 3.05) is 11.9 Å². The molecule has 1 aromatic heterocycles. The zero-order chi connectivity index (χ0) is 12.8. The van der Waals surface area contributed by atoms with Gasteiger partial charge in [-0.15, -0.1) is 0 Å². The average Bonchev–Trinajstić information content (AvgIpc) is 2.82. The lowest BCUT2D eigenvalue weighted by atomic mass is 10.3. The zero-order valence-electron chi connectivity index (χ0n) is 9.65. The third kappa shape index (κ3) is 4.14. The summed E-state index contributed by atoms with van der Waals surface area (Å²) in [5, 5.41) is 10.5. The SMILES string of the molecule is O=C(CNCc1ccsc1)Nc1cccc(Cl)c1. The van der Waals surface area contributed by atoms with Gasteiger partial charge in [-0.3, -0.25) is 4.79 Å². The van der Waals surface area contributed by atoms with Gasteiger partial charge in [0, 0.05) is 17.3 Å². The first-order valence-electron chi connectivity index (χ1n) is 5.51. The van der Waals surface area contributed by atoms with Gasteiger partial charge in [0.1, 0.15) is 0 Å². The normalized spacial score (nSPS) is 10.3. The summed E-state index contributed by atoms with van der Waals surface area (Å²) >= 11 is 7.48. The number of carbonyl (C=O) groups excluding carboxylic acids is 1. The number of hydrogen-bond donors (Lipinski definition) is 2. The summed E-state index contributed by atoms with van der Waals surface area (Å²) < 4.78 is 0. The molecule has 0 saturated heterocycles. The maximum absolute atomic E-state index is 11.6. The van der Waals surface area contributed by atoms with Gasteiger partial charge >= 0.3 is 0 Å². The molecule has 0 radical (unpaired) electrons. The van der Waals surface area contributed by atoms with Gasteiger partial charge in [0.15, 0.2) is 0 Å². The van der Waals surface area contributed by atoms with Crippen molar-refractivity contribution in [3.63, 3.8) is 0 Å². The maximum Gasteiger partial charge on any atom is 0.238 e. The molecule has 0 aliphatic rings. The molecule has 94 valence electrons. The van der Waals surface area contributed by atoms with Crippen LogP contribution >= 0.6 is 22.9 Å². The monoisotopic (exact) mass is 280 g/mol. The Bertz CT molecular complexity index is 513. The predicted molar refractivity (Wildman–Crippen MR) is 76.1 cm³/mol. The summed E-state index contributed by atoms with van der Waals surface area (Å²) in [6, 6.07) is 9.14. The van der Waals surface area contributed by atoms with E-state index in [2.05, 4.69) is 16.0 Å². The van der Waals surface area contributed by atoms with Crippen molar-refractivity contribution >= 4 is 34.5 Å². The van der Waals surface area contributed by atoms with Gasteiger partial charge in [-0.05, 0) is 40.6 Å². The van der Waals surface area contributed by atoms with E-state index in [0.717, 1.165) is 0 Å². The first-order valence-corrected chi connectivity index (χ1v) is 6.83. The van der Waals surface area contributed by atoms with Crippen molar-refractivity contribution < 1.29 is 4.79 Å². The van der Waals surface area contributed by atoms with Crippen LogP contribution in [-0.4, -0.2) is 12.5 Å². The second kappa shape index (κ2) is 6.54. The molecule has 1 amide bonds. The van der Waals surface area contributed by atoms with E-state index in [-0.39, 0.29) is 12.5 Å². The van der Waals surface area contributed by atoms with E-state index in [1.165, 1.54) is 5.56 Å². The van der Waals surface area contributed by atoms with E-state index in [1.54, 1.807) is 29.5 Å². The Morgan fingerprint density at radius 1 is 1.33 bits per heavy atom. The first-order chi connectivity index (χ1) is 8.74. The van der Waals surface area contributed by atoms with Crippen LogP contribution in [0.1, 0.15) is 5.56 Å². The number of rotatable bonds is 5. The number of halogens is 1. The van der Waals surface area contributed by atoms with Gasteiger partial charge in [0.05, 0.1) is 6.54 Å². The summed E-state index contributed by atoms with van der Waals surface area (Å²) in [5.41, 5.74) is 1.90. The highest BCUT2D eigenvalue weighted by Crippen LogP contribution is 2.14. The maximum atomic E-state index is 11.6. The molecule has 0 spiro atoms. The molecular formula is C13H13ClN2OS. The summed E-state index contributed by atoms with van der Waals surface area (Å²) in [6.07, 6.45) is 0. The van der Waals surface area contributed by atoms with E-state index >= 15 is 0 Å². The number of hydrogen-bond acceptors (Lipinski definition) is 3. The Morgan fingerprint density at radius 3 is 2.94 bits per heavy atom. The molecule has 0 aliphatic heterocycles. The average molecular weight is 281 g/mol. The standard InChI is InChI=1S/C13H13ClN2OS/c14-11-2-1-3-12(6-11)16-13(17)8-15-7-10-4-5-18-9-10/h1-6,9,15H,7-8H2,(H,16,17). The van der Waals surface area contributed by atoms with Crippen LogP contribution in [0.4, 0.5) is 5.69 Å². The van der Waals surface area contributed by atoms with Gasteiger partial charge in [-0.2, -0.15) is 11.3 Å². The number of benzene rings is 1. The Hall–Kier alpha value is -1.36. The molecule has 1 heterocycles. The lowest BCUT2D eigenvalue weighted by molar-refractivity contribution is -0.115. The Labute approximate surface area is 115 Å². The molecule has 0 fully saturated rings. The van der Waals surface area contributed by atoms with Crippen molar-refractivity contribution in [2.45, 2.75) is 6.54 Å². The zero-order valence-corrected chi connectivity index (χ0v) is 11.2. The van der Waals surface area contributed by atoms with Crippen molar-refractivity contribution in [3.05, 3.63) is 51.7 Å². The topological polar surface area (TPSA) is 41.1 Å². The minimum absolute atomic E-state index is 0.0764. The highest BCUT2D eigenvalue weighted by atomic mass is 35.5. The van der Waals surface area contributed by atoms with E-state index in [1.807, 2.05) is 17.5 Å². The lowest BCUT2D eigenvalue weighted by Gasteiger charge is -2.06. The van der Waals surface area contributed by atoms with Gasteiger partial charge in [0.2, 0.25) is 5.91 Å².